The average molecular weight is 350 g/mol. The number of primary amides is 1. The van der Waals surface area contributed by atoms with Crippen LogP contribution in [-0.4, -0.2) is 32.1 Å². The molecule has 3 N–H and O–H groups in total. The maximum Gasteiger partial charge on any atom is 0.252 e. The molecular weight excluding hydrogens is 336 g/mol. The van der Waals surface area contributed by atoms with Gasteiger partial charge in [-0.1, -0.05) is 42.1 Å². The van der Waals surface area contributed by atoms with Gasteiger partial charge in [0.25, 0.3) is 5.91 Å². The van der Waals surface area contributed by atoms with Crippen molar-refractivity contribution in [2.45, 2.75) is 5.16 Å². The molecule has 6 nitrogen and oxygen atoms in total. The Bertz CT molecular complexity index is 996. The van der Waals surface area contributed by atoms with Crippen LogP contribution in [0.4, 0.5) is 0 Å². The van der Waals surface area contributed by atoms with Gasteiger partial charge in [0.2, 0.25) is 0 Å². The highest BCUT2D eigenvalue weighted by atomic mass is 32.2. The molecule has 0 bridgehead atoms. The molecule has 2 aromatic carbocycles. The van der Waals surface area contributed by atoms with Crippen molar-refractivity contribution in [2.75, 3.05) is 5.75 Å². The zero-order valence-electron chi connectivity index (χ0n) is 13.1. The van der Waals surface area contributed by atoms with E-state index in [9.17, 15) is 9.90 Å². The Kier molecular flexibility index (Phi) is 3.77. The van der Waals surface area contributed by atoms with E-state index < -0.39 is 5.91 Å². The van der Waals surface area contributed by atoms with E-state index in [4.69, 9.17) is 5.73 Å². The minimum absolute atomic E-state index is 0.0894. The second-order valence-electron chi connectivity index (χ2n) is 5.55. The lowest BCUT2D eigenvalue weighted by atomic mass is 10.1. The third-order valence-electron chi connectivity index (χ3n) is 3.89. The van der Waals surface area contributed by atoms with Crippen molar-refractivity contribution in [3.05, 3.63) is 65.9 Å². The van der Waals surface area contributed by atoms with Crippen molar-refractivity contribution in [3.8, 4) is 17.0 Å². The summed E-state index contributed by atoms with van der Waals surface area (Å²) >= 11 is 1.57. The molecule has 7 heteroatoms. The van der Waals surface area contributed by atoms with Crippen molar-refractivity contribution < 1.29 is 9.90 Å². The van der Waals surface area contributed by atoms with E-state index in [2.05, 4.69) is 10.1 Å². The summed E-state index contributed by atoms with van der Waals surface area (Å²) in [5.41, 5.74) is 8.81. The first kappa shape index (κ1) is 15.5. The van der Waals surface area contributed by atoms with E-state index in [0.717, 1.165) is 27.7 Å². The van der Waals surface area contributed by atoms with Gasteiger partial charge in [-0.2, -0.15) is 5.10 Å². The predicted molar refractivity (Wildman–Crippen MR) is 96.9 cm³/mol. The first-order valence-electron chi connectivity index (χ1n) is 7.60. The van der Waals surface area contributed by atoms with Crippen LogP contribution in [0.5, 0.6) is 5.75 Å². The Morgan fingerprint density at radius 3 is 2.72 bits per heavy atom. The number of nitrogens with two attached hydrogens (primary N) is 1. The number of carbonyl (C=O) groups excluding carboxylic acids is 1. The van der Waals surface area contributed by atoms with Crippen LogP contribution in [0, 0.1) is 0 Å². The van der Waals surface area contributed by atoms with Gasteiger partial charge in [-0.15, -0.1) is 0 Å². The fraction of sp³-hybridized carbons (Fsp3) is 0.0556. The van der Waals surface area contributed by atoms with Crippen LogP contribution in [0.25, 0.3) is 11.3 Å². The van der Waals surface area contributed by atoms with Crippen molar-refractivity contribution in [2.24, 2.45) is 10.8 Å². The second kappa shape index (κ2) is 6.10. The summed E-state index contributed by atoms with van der Waals surface area (Å²) in [6.45, 7) is 0. The van der Waals surface area contributed by atoms with Crippen LogP contribution in [0.2, 0.25) is 0 Å². The molecule has 0 unspecified atom stereocenters. The van der Waals surface area contributed by atoms with Crippen LogP contribution in [-0.2, 0) is 0 Å². The Labute approximate surface area is 148 Å². The summed E-state index contributed by atoms with van der Waals surface area (Å²) < 4.78 is 1.74. The summed E-state index contributed by atoms with van der Waals surface area (Å²) in [7, 11) is 0. The lowest BCUT2D eigenvalue weighted by molar-refractivity contribution is 0.0997. The van der Waals surface area contributed by atoms with E-state index in [0.29, 0.717) is 5.75 Å². The molecule has 0 fully saturated rings. The molecule has 0 spiro atoms. The standard InChI is InChI=1S/C18H14N4O2S/c19-17(24)13-8-12(6-7-16(13)23)15-10-25-18-20-14(9-22(18)21-15)11-4-2-1-3-5-11/h1-9,23H,10H2,(H2,19,24). The van der Waals surface area contributed by atoms with Gasteiger partial charge in [0.1, 0.15) is 5.75 Å². The van der Waals surface area contributed by atoms with E-state index in [1.807, 2.05) is 36.5 Å². The molecular formula is C18H14N4O2S. The van der Waals surface area contributed by atoms with E-state index in [-0.39, 0.29) is 11.3 Å². The van der Waals surface area contributed by atoms with Crippen LogP contribution >= 0.6 is 11.8 Å². The molecule has 1 aliphatic rings. The summed E-state index contributed by atoms with van der Waals surface area (Å²) in [5, 5.41) is 15.2. The van der Waals surface area contributed by atoms with Gasteiger partial charge in [-0.3, -0.25) is 4.79 Å². The normalized spacial score (nSPS) is 13.2. The first-order chi connectivity index (χ1) is 12.1. The lowest BCUT2D eigenvalue weighted by Gasteiger charge is -2.13. The van der Waals surface area contributed by atoms with Crippen molar-refractivity contribution in [1.82, 2.24) is 9.66 Å². The molecule has 124 valence electrons. The number of hydrogen-bond acceptors (Lipinski definition) is 5. The maximum absolute atomic E-state index is 11.4. The number of nitrogens with zero attached hydrogens (tertiary/aromatic N) is 3. The average Bonchev–Trinajstić information content (AvgIpc) is 3.06. The summed E-state index contributed by atoms with van der Waals surface area (Å²) in [4.78, 5) is 16.0. The van der Waals surface area contributed by atoms with Gasteiger partial charge in [0.05, 0.1) is 23.2 Å². The zero-order chi connectivity index (χ0) is 17.4. The number of aromatic hydroxyl groups is 1. The number of phenols is 1. The minimum Gasteiger partial charge on any atom is -0.507 e. The molecule has 1 aliphatic heterocycles. The number of amides is 1. The monoisotopic (exact) mass is 350 g/mol. The summed E-state index contributed by atoms with van der Waals surface area (Å²) in [5.74, 6) is -0.179. The molecule has 4 rings (SSSR count). The second-order valence-corrected chi connectivity index (χ2v) is 6.49. The van der Waals surface area contributed by atoms with Crippen molar-refractivity contribution in [3.63, 3.8) is 0 Å². The Morgan fingerprint density at radius 2 is 1.96 bits per heavy atom. The largest absolute Gasteiger partial charge is 0.507 e. The SMILES string of the molecule is NC(=O)c1cc(C2=Nn3cc(-c4ccccc4)nc3SC2)ccc1O. The molecule has 1 amide bonds. The highest BCUT2D eigenvalue weighted by Crippen LogP contribution is 2.29. The van der Waals surface area contributed by atoms with Gasteiger partial charge in [0, 0.05) is 11.3 Å². The van der Waals surface area contributed by atoms with Gasteiger partial charge in [-0.25, -0.2) is 9.66 Å². The van der Waals surface area contributed by atoms with Crippen molar-refractivity contribution in [1.29, 1.82) is 0 Å². The molecule has 25 heavy (non-hydrogen) atoms. The Morgan fingerprint density at radius 1 is 1.16 bits per heavy atom. The number of rotatable bonds is 3. The van der Waals surface area contributed by atoms with E-state index in [1.54, 1.807) is 28.6 Å². The topological polar surface area (TPSA) is 93.5 Å². The van der Waals surface area contributed by atoms with Gasteiger partial charge < -0.3 is 10.8 Å². The van der Waals surface area contributed by atoms with Crippen molar-refractivity contribution >= 4 is 23.4 Å². The van der Waals surface area contributed by atoms with E-state index in [1.165, 1.54) is 6.07 Å². The molecule has 1 aromatic heterocycles. The smallest absolute Gasteiger partial charge is 0.252 e. The quantitative estimate of drug-likeness (QED) is 0.759. The molecule has 3 aromatic rings. The molecule has 2 heterocycles. The summed E-state index contributed by atoms with van der Waals surface area (Å²) in [6, 6.07) is 14.7. The Balaban J connectivity index is 1.72. The molecule has 0 radical (unpaired) electrons. The Hall–Kier alpha value is -3.06. The molecule has 0 saturated carbocycles. The number of hydrogen-bond donors (Lipinski definition) is 2. The molecule has 0 aliphatic carbocycles. The third-order valence-corrected chi connectivity index (χ3v) is 4.84. The first-order valence-corrected chi connectivity index (χ1v) is 8.59. The number of carbonyl (C=O) groups is 1. The zero-order valence-corrected chi connectivity index (χ0v) is 13.9. The van der Waals surface area contributed by atoms with Crippen LogP contribution in [0.3, 0.4) is 0 Å². The molecule has 0 saturated heterocycles. The fourth-order valence-electron chi connectivity index (χ4n) is 2.62. The highest BCUT2D eigenvalue weighted by Gasteiger charge is 2.19. The highest BCUT2D eigenvalue weighted by molar-refractivity contribution is 7.99. The lowest BCUT2D eigenvalue weighted by Crippen LogP contribution is -2.15. The van der Waals surface area contributed by atoms with E-state index >= 15 is 0 Å². The van der Waals surface area contributed by atoms with Crippen LogP contribution in [0.15, 0.2) is 65.0 Å². The third kappa shape index (κ3) is 2.89. The summed E-state index contributed by atoms with van der Waals surface area (Å²) in [6.07, 6.45) is 1.88. The molecule has 0 atom stereocenters. The number of imidazole rings is 1. The number of thioether (sulfide) groups is 1. The fourth-order valence-corrected chi connectivity index (χ4v) is 3.50. The van der Waals surface area contributed by atoms with Crippen LogP contribution < -0.4 is 5.73 Å². The van der Waals surface area contributed by atoms with Gasteiger partial charge in [-0.05, 0) is 23.8 Å². The minimum atomic E-state index is -0.668. The number of fused-ring (bicyclic) bond motifs is 1. The number of benzene rings is 2. The van der Waals surface area contributed by atoms with Gasteiger partial charge >= 0.3 is 0 Å². The number of aromatic nitrogens is 2. The predicted octanol–water partition coefficient (Wildman–Crippen LogP) is 2.71. The van der Waals surface area contributed by atoms with Crippen LogP contribution in [0.1, 0.15) is 15.9 Å². The van der Waals surface area contributed by atoms with Gasteiger partial charge in [0.15, 0.2) is 5.16 Å². The maximum atomic E-state index is 11.4.